The first kappa shape index (κ1) is 19.4. The highest BCUT2D eigenvalue weighted by molar-refractivity contribution is 5.98. The number of pyridine rings is 1. The van der Waals surface area contributed by atoms with E-state index in [4.69, 9.17) is 14.2 Å². The lowest BCUT2D eigenvalue weighted by Crippen LogP contribution is -2.18. The summed E-state index contributed by atoms with van der Waals surface area (Å²) in [5, 5.41) is 0.848. The first-order valence-corrected chi connectivity index (χ1v) is 8.82. The van der Waals surface area contributed by atoms with Crippen LogP contribution >= 0.6 is 0 Å². The zero-order valence-electron chi connectivity index (χ0n) is 16.0. The zero-order valence-corrected chi connectivity index (χ0v) is 16.0. The molecule has 0 aliphatic carbocycles. The van der Waals surface area contributed by atoms with E-state index < -0.39 is 11.9 Å². The molecule has 0 radical (unpaired) electrons. The van der Waals surface area contributed by atoms with Crippen molar-refractivity contribution in [3.8, 4) is 5.75 Å². The van der Waals surface area contributed by atoms with Crippen LogP contribution in [0.25, 0.3) is 10.9 Å². The average molecular weight is 379 g/mol. The van der Waals surface area contributed by atoms with Crippen LogP contribution in [0.3, 0.4) is 0 Å². The number of nitrogens with zero attached hydrogens (tertiary/aromatic N) is 1. The monoisotopic (exact) mass is 379 g/mol. The fraction of sp³-hybridized carbons (Fsp3) is 0.227. The van der Waals surface area contributed by atoms with Gasteiger partial charge in [0.05, 0.1) is 23.9 Å². The minimum absolute atomic E-state index is 0.147. The van der Waals surface area contributed by atoms with E-state index in [2.05, 4.69) is 4.98 Å². The van der Waals surface area contributed by atoms with E-state index in [1.807, 2.05) is 56.3 Å². The summed E-state index contributed by atoms with van der Waals surface area (Å²) in [6.45, 7) is 3.34. The first-order chi connectivity index (χ1) is 13.5. The van der Waals surface area contributed by atoms with Gasteiger partial charge in [0.1, 0.15) is 12.4 Å². The number of para-hydroxylation sites is 2. The number of fused-ring (bicyclic) bond motifs is 1. The number of carbonyl (C=O) groups excluding carboxylic acids is 2. The summed E-state index contributed by atoms with van der Waals surface area (Å²) in [5.41, 5.74) is 3.05. The maximum atomic E-state index is 12.3. The van der Waals surface area contributed by atoms with Crippen LogP contribution in [0.2, 0.25) is 0 Å². The molecule has 144 valence electrons. The normalized spacial score (nSPS) is 10.5. The Morgan fingerprint density at radius 2 is 1.71 bits per heavy atom. The highest BCUT2D eigenvalue weighted by Crippen LogP contribution is 2.24. The summed E-state index contributed by atoms with van der Waals surface area (Å²) >= 11 is 0. The number of methoxy groups -OCH3 is 1. The zero-order chi connectivity index (χ0) is 20.1. The van der Waals surface area contributed by atoms with Gasteiger partial charge in [-0.15, -0.1) is 0 Å². The number of aromatic nitrogens is 1. The number of ether oxygens (including phenoxy) is 3. The molecule has 28 heavy (non-hydrogen) atoms. The van der Waals surface area contributed by atoms with Gasteiger partial charge in [-0.05, 0) is 37.1 Å². The van der Waals surface area contributed by atoms with Crippen LogP contribution in [0.15, 0.2) is 48.5 Å². The van der Waals surface area contributed by atoms with Crippen LogP contribution in [-0.2, 0) is 20.9 Å². The fourth-order valence-electron chi connectivity index (χ4n) is 2.96. The third-order valence-corrected chi connectivity index (χ3v) is 4.43. The van der Waals surface area contributed by atoms with E-state index in [1.54, 1.807) is 6.07 Å². The highest BCUT2D eigenvalue weighted by Gasteiger charge is 2.20. The van der Waals surface area contributed by atoms with Crippen molar-refractivity contribution in [2.24, 2.45) is 0 Å². The molecule has 0 bridgehead atoms. The number of hydrogen-bond acceptors (Lipinski definition) is 6. The smallest absolute Gasteiger partial charge is 0.344 e. The summed E-state index contributed by atoms with van der Waals surface area (Å²) in [7, 11) is 1.31. The molecule has 0 saturated carbocycles. The third kappa shape index (κ3) is 4.11. The molecule has 0 amide bonds. The van der Waals surface area contributed by atoms with E-state index in [0.717, 1.165) is 22.0 Å². The third-order valence-electron chi connectivity index (χ3n) is 4.43. The molecular weight excluding hydrogens is 358 g/mol. The topological polar surface area (TPSA) is 74.7 Å². The van der Waals surface area contributed by atoms with Crippen molar-refractivity contribution < 1.29 is 23.8 Å². The van der Waals surface area contributed by atoms with Gasteiger partial charge >= 0.3 is 11.9 Å². The number of carbonyl (C=O) groups is 2. The van der Waals surface area contributed by atoms with E-state index in [1.165, 1.54) is 7.11 Å². The Morgan fingerprint density at radius 3 is 2.46 bits per heavy atom. The van der Waals surface area contributed by atoms with Crippen molar-refractivity contribution in [1.82, 2.24) is 4.98 Å². The molecule has 2 aromatic carbocycles. The molecule has 6 heteroatoms. The number of aryl methyl sites for hydroxylation is 2. The second-order valence-corrected chi connectivity index (χ2v) is 6.28. The van der Waals surface area contributed by atoms with Crippen LogP contribution in [0.5, 0.6) is 5.75 Å². The van der Waals surface area contributed by atoms with E-state index in [9.17, 15) is 9.59 Å². The molecule has 0 fully saturated rings. The van der Waals surface area contributed by atoms with Gasteiger partial charge in [-0.3, -0.25) is 0 Å². The van der Waals surface area contributed by atoms with Crippen LogP contribution in [0.4, 0.5) is 0 Å². The number of benzene rings is 2. The fourth-order valence-corrected chi connectivity index (χ4v) is 2.96. The van der Waals surface area contributed by atoms with Gasteiger partial charge in [-0.1, -0.05) is 36.4 Å². The van der Waals surface area contributed by atoms with Gasteiger partial charge in [-0.2, -0.15) is 0 Å². The Balaban J connectivity index is 1.77. The molecule has 1 aromatic heterocycles. The van der Waals surface area contributed by atoms with Crippen LogP contribution < -0.4 is 4.74 Å². The predicted molar refractivity (Wildman–Crippen MR) is 104 cm³/mol. The number of hydrogen-bond donors (Lipinski definition) is 0. The van der Waals surface area contributed by atoms with Crippen molar-refractivity contribution in [3.63, 3.8) is 0 Å². The summed E-state index contributed by atoms with van der Waals surface area (Å²) in [6.07, 6.45) is 0. The van der Waals surface area contributed by atoms with Crippen LogP contribution in [0, 0.1) is 13.8 Å². The Morgan fingerprint density at radius 1 is 1.00 bits per heavy atom. The molecule has 3 rings (SSSR count). The SMILES string of the molecule is COC(=O)c1c(COC(=O)COc2ccccc2C)nc2ccccc2c1C. The second kappa shape index (κ2) is 8.52. The molecule has 0 unspecified atom stereocenters. The predicted octanol–water partition coefficient (Wildman–Crippen LogP) is 3.76. The van der Waals surface area contributed by atoms with Crippen molar-refractivity contribution in [2.45, 2.75) is 20.5 Å². The van der Waals surface area contributed by atoms with Gasteiger partial charge in [0.15, 0.2) is 6.61 Å². The lowest BCUT2D eigenvalue weighted by Gasteiger charge is -2.14. The lowest BCUT2D eigenvalue weighted by atomic mass is 10.0. The largest absolute Gasteiger partial charge is 0.482 e. The molecule has 0 N–H and O–H groups in total. The molecule has 0 aliphatic rings. The summed E-state index contributed by atoms with van der Waals surface area (Å²) < 4.78 is 15.7. The molecule has 0 atom stereocenters. The summed E-state index contributed by atoms with van der Waals surface area (Å²) in [6, 6.07) is 14.9. The Kier molecular flexibility index (Phi) is 5.89. The van der Waals surface area contributed by atoms with Gasteiger partial charge < -0.3 is 14.2 Å². The molecule has 0 aliphatic heterocycles. The Bertz CT molecular complexity index is 1030. The number of rotatable bonds is 6. The minimum atomic E-state index is -0.549. The van der Waals surface area contributed by atoms with Crippen molar-refractivity contribution in [3.05, 3.63) is 70.9 Å². The van der Waals surface area contributed by atoms with Crippen molar-refractivity contribution in [1.29, 1.82) is 0 Å². The van der Waals surface area contributed by atoms with Crippen molar-refractivity contribution in [2.75, 3.05) is 13.7 Å². The highest BCUT2D eigenvalue weighted by atomic mass is 16.6. The Hall–Kier alpha value is -3.41. The Labute approximate surface area is 163 Å². The van der Waals surface area contributed by atoms with Gasteiger partial charge in [0.2, 0.25) is 0 Å². The van der Waals surface area contributed by atoms with E-state index in [-0.39, 0.29) is 13.2 Å². The molecule has 6 nitrogen and oxygen atoms in total. The van der Waals surface area contributed by atoms with Crippen LogP contribution in [0.1, 0.15) is 27.2 Å². The molecule has 1 heterocycles. The van der Waals surface area contributed by atoms with Gasteiger partial charge in [-0.25, -0.2) is 14.6 Å². The van der Waals surface area contributed by atoms with E-state index >= 15 is 0 Å². The van der Waals surface area contributed by atoms with E-state index in [0.29, 0.717) is 17.0 Å². The molecule has 0 saturated heterocycles. The molecule has 3 aromatic rings. The van der Waals surface area contributed by atoms with Gasteiger partial charge in [0, 0.05) is 5.39 Å². The summed E-state index contributed by atoms with van der Waals surface area (Å²) in [4.78, 5) is 28.9. The average Bonchev–Trinajstić information content (AvgIpc) is 2.71. The first-order valence-electron chi connectivity index (χ1n) is 8.82. The van der Waals surface area contributed by atoms with Crippen molar-refractivity contribution >= 4 is 22.8 Å². The molecule has 0 spiro atoms. The minimum Gasteiger partial charge on any atom is -0.482 e. The summed E-state index contributed by atoms with van der Waals surface area (Å²) in [5.74, 6) is -0.445. The van der Waals surface area contributed by atoms with Gasteiger partial charge in [0.25, 0.3) is 0 Å². The van der Waals surface area contributed by atoms with Crippen LogP contribution in [-0.4, -0.2) is 30.6 Å². The maximum absolute atomic E-state index is 12.3. The lowest BCUT2D eigenvalue weighted by molar-refractivity contribution is -0.147. The molecular formula is C22H21NO5. The second-order valence-electron chi connectivity index (χ2n) is 6.28. The number of esters is 2. The standard InChI is InChI=1S/C22H21NO5/c1-14-8-4-7-11-19(14)27-13-20(24)28-12-18-21(22(25)26-3)15(2)16-9-5-6-10-17(16)23-18/h4-11H,12-13H2,1-3H3. The maximum Gasteiger partial charge on any atom is 0.344 e. The quantitative estimate of drug-likeness (QED) is 0.607.